The second-order valence-electron chi connectivity index (χ2n) is 6.63. The van der Waals surface area contributed by atoms with E-state index in [0.29, 0.717) is 5.69 Å². The molecule has 3 aromatic carbocycles. The van der Waals surface area contributed by atoms with Gasteiger partial charge in [0.2, 0.25) is 15.9 Å². The van der Waals surface area contributed by atoms with E-state index < -0.39 is 15.9 Å². The van der Waals surface area contributed by atoms with Crippen LogP contribution in [0.2, 0.25) is 0 Å². The molecule has 0 fully saturated rings. The molecule has 0 spiro atoms. The van der Waals surface area contributed by atoms with E-state index >= 15 is 0 Å². The molecule has 0 radical (unpaired) electrons. The summed E-state index contributed by atoms with van der Waals surface area (Å²) in [5.74, 6) is -0.391. The Bertz CT molecular complexity index is 1070. The fraction of sp³-hybridized carbons (Fsp3) is 0.136. The first-order valence-corrected chi connectivity index (χ1v) is 11.5. The van der Waals surface area contributed by atoms with Crippen molar-refractivity contribution in [2.75, 3.05) is 11.9 Å². The Morgan fingerprint density at radius 3 is 2.17 bits per heavy atom. The van der Waals surface area contributed by atoms with E-state index in [-0.39, 0.29) is 18.0 Å². The van der Waals surface area contributed by atoms with Crippen LogP contribution in [0.15, 0.2) is 83.8 Å². The summed E-state index contributed by atoms with van der Waals surface area (Å²) in [5.41, 5.74) is 2.41. The van der Waals surface area contributed by atoms with Gasteiger partial charge in [-0.15, -0.1) is 0 Å². The molecule has 0 aliphatic heterocycles. The van der Waals surface area contributed by atoms with Crippen molar-refractivity contribution in [1.29, 1.82) is 0 Å². The summed E-state index contributed by atoms with van der Waals surface area (Å²) < 4.78 is 28.7. The second kappa shape index (κ2) is 9.51. The highest BCUT2D eigenvalue weighted by molar-refractivity contribution is 14.1. The van der Waals surface area contributed by atoms with Gasteiger partial charge in [-0.2, -0.15) is 4.31 Å². The summed E-state index contributed by atoms with van der Waals surface area (Å²) in [6.45, 7) is 1.72. The van der Waals surface area contributed by atoms with Crippen LogP contribution in [0, 0.1) is 10.5 Å². The van der Waals surface area contributed by atoms with Crippen LogP contribution in [0.5, 0.6) is 0 Å². The molecule has 0 bridgehead atoms. The number of amides is 1. The van der Waals surface area contributed by atoms with Crippen LogP contribution in [0.1, 0.15) is 11.1 Å². The smallest absolute Gasteiger partial charge is 0.243 e. The van der Waals surface area contributed by atoms with Gasteiger partial charge in [-0.1, -0.05) is 48.0 Å². The first-order valence-electron chi connectivity index (χ1n) is 9.01. The second-order valence-corrected chi connectivity index (χ2v) is 9.81. The molecule has 0 aliphatic rings. The Hall–Kier alpha value is -2.23. The monoisotopic (exact) mass is 520 g/mol. The van der Waals surface area contributed by atoms with Crippen LogP contribution in [0.25, 0.3) is 0 Å². The van der Waals surface area contributed by atoms with Crippen LogP contribution in [-0.4, -0.2) is 25.2 Å². The Kier molecular flexibility index (Phi) is 7.05. The molecule has 150 valence electrons. The molecular weight excluding hydrogens is 499 g/mol. The maximum absolute atomic E-state index is 13.2. The first-order chi connectivity index (χ1) is 13.8. The summed E-state index contributed by atoms with van der Waals surface area (Å²) in [6.07, 6.45) is 0. The van der Waals surface area contributed by atoms with Gasteiger partial charge in [0, 0.05) is 15.8 Å². The van der Waals surface area contributed by atoms with Crippen LogP contribution in [0.3, 0.4) is 0 Å². The Balaban J connectivity index is 1.85. The molecule has 5 nitrogen and oxygen atoms in total. The van der Waals surface area contributed by atoms with Crippen LogP contribution < -0.4 is 5.32 Å². The van der Waals surface area contributed by atoms with E-state index in [2.05, 4.69) is 27.9 Å². The molecule has 0 atom stereocenters. The lowest BCUT2D eigenvalue weighted by atomic mass is 10.2. The van der Waals surface area contributed by atoms with Crippen molar-refractivity contribution in [3.05, 3.63) is 93.6 Å². The number of carbonyl (C=O) groups is 1. The predicted molar refractivity (Wildman–Crippen MR) is 123 cm³/mol. The third kappa shape index (κ3) is 5.88. The molecule has 29 heavy (non-hydrogen) atoms. The molecule has 1 amide bonds. The van der Waals surface area contributed by atoms with Crippen LogP contribution >= 0.6 is 22.6 Å². The molecule has 0 saturated carbocycles. The Morgan fingerprint density at radius 2 is 1.55 bits per heavy atom. The number of hydrogen-bond acceptors (Lipinski definition) is 3. The van der Waals surface area contributed by atoms with Gasteiger partial charge in [0.1, 0.15) is 0 Å². The standard InChI is InChI=1S/C22H21IN2O3S/c1-17-7-13-21(14-8-17)29(27,28)25(15-18-5-3-2-4-6-18)16-22(26)24-20-11-9-19(23)10-12-20/h2-14H,15-16H2,1H3,(H,24,26). The van der Waals surface area contributed by atoms with Crippen molar-refractivity contribution in [1.82, 2.24) is 4.31 Å². The quantitative estimate of drug-likeness (QED) is 0.469. The number of nitrogens with one attached hydrogen (secondary N) is 1. The molecular formula is C22H21IN2O3S. The number of hydrogen-bond donors (Lipinski definition) is 1. The summed E-state index contributed by atoms with van der Waals surface area (Å²) in [5, 5.41) is 2.77. The minimum absolute atomic E-state index is 0.108. The summed E-state index contributed by atoms with van der Waals surface area (Å²) in [6, 6.07) is 23.2. The van der Waals surface area contributed by atoms with Crippen LogP contribution in [-0.2, 0) is 21.4 Å². The lowest BCUT2D eigenvalue weighted by Crippen LogP contribution is -2.37. The number of carbonyl (C=O) groups excluding carboxylic acids is 1. The number of nitrogens with zero attached hydrogens (tertiary/aromatic N) is 1. The normalized spacial score (nSPS) is 11.4. The lowest BCUT2D eigenvalue weighted by molar-refractivity contribution is -0.116. The van der Waals surface area contributed by atoms with E-state index in [1.165, 1.54) is 4.31 Å². The van der Waals surface area contributed by atoms with Gasteiger partial charge >= 0.3 is 0 Å². The van der Waals surface area contributed by atoms with Gasteiger partial charge in [-0.05, 0) is 71.5 Å². The van der Waals surface area contributed by atoms with E-state index in [9.17, 15) is 13.2 Å². The van der Waals surface area contributed by atoms with E-state index in [0.717, 1.165) is 14.7 Å². The fourth-order valence-corrected chi connectivity index (χ4v) is 4.51. The topological polar surface area (TPSA) is 66.5 Å². The van der Waals surface area contributed by atoms with E-state index in [1.807, 2.05) is 49.4 Å². The highest BCUT2D eigenvalue weighted by Gasteiger charge is 2.27. The Labute approximate surface area is 184 Å². The number of benzene rings is 3. The summed E-state index contributed by atoms with van der Waals surface area (Å²) in [4.78, 5) is 12.8. The Morgan fingerprint density at radius 1 is 0.931 bits per heavy atom. The minimum atomic E-state index is -3.84. The van der Waals surface area contributed by atoms with Gasteiger partial charge in [-0.3, -0.25) is 4.79 Å². The van der Waals surface area contributed by atoms with Crippen molar-refractivity contribution in [2.45, 2.75) is 18.4 Å². The summed E-state index contributed by atoms with van der Waals surface area (Å²) >= 11 is 2.18. The molecule has 7 heteroatoms. The highest BCUT2D eigenvalue weighted by Crippen LogP contribution is 2.19. The molecule has 0 saturated heterocycles. The number of rotatable bonds is 7. The maximum atomic E-state index is 13.2. The number of halogens is 1. The van der Waals surface area contributed by atoms with E-state index in [1.54, 1.807) is 36.4 Å². The van der Waals surface area contributed by atoms with Crippen LogP contribution in [0.4, 0.5) is 5.69 Å². The van der Waals surface area contributed by atoms with Crippen molar-refractivity contribution >= 4 is 44.2 Å². The minimum Gasteiger partial charge on any atom is -0.325 e. The fourth-order valence-electron chi connectivity index (χ4n) is 2.77. The molecule has 3 aromatic rings. The number of anilines is 1. The van der Waals surface area contributed by atoms with Gasteiger partial charge in [0.15, 0.2) is 0 Å². The van der Waals surface area contributed by atoms with Gasteiger partial charge in [0.25, 0.3) is 0 Å². The third-order valence-electron chi connectivity index (χ3n) is 4.31. The average Bonchev–Trinajstić information content (AvgIpc) is 2.70. The molecule has 0 aromatic heterocycles. The van der Waals surface area contributed by atoms with Gasteiger partial charge in [-0.25, -0.2) is 8.42 Å². The molecule has 3 rings (SSSR count). The number of sulfonamides is 1. The van der Waals surface area contributed by atoms with Gasteiger partial charge in [0.05, 0.1) is 11.4 Å². The summed E-state index contributed by atoms with van der Waals surface area (Å²) in [7, 11) is -3.84. The van der Waals surface area contributed by atoms with Crippen molar-refractivity contribution < 1.29 is 13.2 Å². The van der Waals surface area contributed by atoms with Gasteiger partial charge < -0.3 is 5.32 Å². The van der Waals surface area contributed by atoms with Crippen molar-refractivity contribution in [3.8, 4) is 0 Å². The zero-order chi connectivity index (χ0) is 20.9. The maximum Gasteiger partial charge on any atom is 0.243 e. The SMILES string of the molecule is Cc1ccc(S(=O)(=O)N(CC(=O)Nc2ccc(I)cc2)Cc2ccccc2)cc1. The van der Waals surface area contributed by atoms with Crippen molar-refractivity contribution in [2.24, 2.45) is 0 Å². The molecule has 0 unspecified atom stereocenters. The zero-order valence-corrected chi connectivity index (χ0v) is 18.9. The molecule has 0 heterocycles. The third-order valence-corrected chi connectivity index (χ3v) is 6.83. The average molecular weight is 520 g/mol. The number of aryl methyl sites for hydroxylation is 1. The largest absolute Gasteiger partial charge is 0.325 e. The molecule has 0 aliphatic carbocycles. The first kappa shape index (κ1) is 21.5. The van der Waals surface area contributed by atoms with Crippen molar-refractivity contribution in [3.63, 3.8) is 0 Å². The predicted octanol–water partition coefficient (Wildman–Crippen LogP) is 4.43. The molecule has 1 N–H and O–H groups in total. The highest BCUT2D eigenvalue weighted by atomic mass is 127. The van der Waals surface area contributed by atoms with E-state index in [4.69, 9.17) is 0 Å². The lowest BCUT2D eigenvalue weighted by Gasteiger charge is -2.22. The zero-order valence-electron chi connectivity index (χ0n) is 15.9.